The molecule has 0 fully saturated rings. The van der Waals surface area contributed by atoms with E-state index in [-0.39, 0.29) is 0 Å². The molecule has 1 heterocycles. The number of rotatable bonds is 6. The Morgan fingerprint density at radius 2 is 1.68 bits per heavy atom. The fraction of sp³-hybridized carbons (Fsp3) is 0.400. The van der Waals surface area contributed by atoms with Crippen molar-refractivity contribution in [1.82, 2.24) is 5.16 Å². The molecule has 4 heteroatoms. The molecule has 0 amide bonds. The van der Waals surface area contributed by atoms with E-state index in [4.69, 9.17) is 14.0 Å². The Morgan fingerprint density at radius 3 is 2.21 bits per heavy atom. The average molecular weight is 261 g/mol. The summed E-state index contributed by atoms with van der Waals surface area (Å²) < 4.78 is 16.3. The lowest BCUT2D eigenvalue weighted by molar-refractivity contribution is 0.298. The number of hydrogen-bond donors (Lipinski definition) is 0. The molecule has 0 aliphatic carbocycles. The van der Waals surface area contributed by atoms with Gasteiger partial charge in [0.05, 0.1) is 17.9 Å². The molecule has 0 aliphatic heterocycles. The largest absolute Gasteiger partial charge is 0.494 e. The predicted octanol–water partition coefficient (Wildman–Crippen LogP) is 3.66. The van der Waals surface area contributed by atoms with E-state index < -0.39 is 0 Å². The van der Waals surface area contributed by atoms with Crippen molar-refractivity contribution in [2.24, 2.45) is 0 Å². The van der Waals surface area contributed by atoms with Crippen LogP contribution in [-0.4, -0.2) is 11.8 Å². The van der Waals surface area contributed by atoms with Crippen LogP contribution in [0.1, 0.15) is 30.4 Å². The molecule has 1 aromatic carbocycles. The lowest BCUT2D eigenvalue weighted by Gasteiger charge is -2.08. The topological polar surface area (TPSA) is 44.5 Å². The summed E-state index contributed by atoms with van der Waals surface area (Å²) in [6, 6.07) is 7.64. The molecule has 102 valence electrons. The zero-order valence-electron chi connectivity index (χ0n) is 11.6. The number of benzene rings is 1. The Bertz CT molecular complexity index is 497. The van der Waals surface area contributed by atoms with Gasteiger partial charge in [-0.25, -0.2) is 0 Å². The third-order valence-electron chi connectivity index (χ3n) is 2.86. The summed E-state index contributed by atoms with van der Waals surface area (Å²) >= 11 is 0. The van der Waals surface area contributed by atoms with Crippen LogP contribution in [0.3, 0.4) is 0 Å². The van der Waals surface area contributed by atoms with Gasteiger partial charge in [-0.1, -0.05) is 12.1 Å². The van der Waals surface area contributed by atoms with Crippen LogP contribution in [0.25, 0.3) is 0 Å². The van der Waals surface area contributed by atoms with Gasteiger partial charge in [-0.15, -0.1) is 0 Å². The maximum atomic E-state index is 5.72. The van der Waals surface area contributed by atoms with E-state index in [9.17, 15) is 0 Å². The highest BCUT2D eigenvalue weighted by molar-refractivity contribution is 5.31. The Labute approximate surface area is 113 Å². The van der Waals surface area contributed by atoms with Gasteiger partial charge in [0.15, 0.2) is 0 Å². The van der Waals surface area contributed by atoms with Crippen LogP contribution in [0.4, 0.5) is 0 Å². The van der Waals surface area contributed by atoms with Crippen LogP contribution in [0.2, 0.25) is 0 Å². The number of aromatic nitrogens is 1. The molecule has 0 aliphatic rings. The van der Waals surface area contributed by atoms with Gasteiger partial charge >= 0.3 is 0 Å². The maximum absolute atomic E-state index is 5.72. The van der Waals surface area contributed by atoms with Crippen molar-refractivity contribution < 1.29 is 14.0 Å². The summed E-state index contributed by atoms with van der Waals surface area (Å²) in [6.45, 7) is 7.09. The highest BCUT2D eigenvalue weighted by Crippen LogP contribution is 2.20. The molecular formula is C15H19NO3. The number of hydrogen-bond acceptors (Lipinski definition) is 4. The smallest absolute Gasteiger partial charge is 0.140 e. The molecule has 0 N–H and O–H groups in total. The minimum atomic E-state index is 0.469. The van der Waals surface area contributed by atoms with E-state index in [1.165, 1.54) is 0 Å². The Morgan fingerprint density at radius 1 is 1.05 bits per heavy atom. The standard InChI is InChI=1S/C15H19NO3/c1-4-9-17-13-5-7-14(8-6-13)18-10-15-11(2)16-19-12(15)3/h5-8H,4,9-10H2,1-3H3. The number of ether oxygens (including phenoxy) is 2. The third kappa shape index (κ3) is 3.50. The van der Waals surface area contributed by atoms with Crippen molar-refractivity contribution in [2.75, 3.05) is 6.61 Å². The van der Waals surface area contributed by atoms with Crippen LogP contribution in [0.5, 0.6) is 11.5 Å². The van der Waals surface area contributed by atoms with Crippen LogP contribution in [-0.2, 0) is 6.61 Å². The van der Waals surface area contributed by atoms with Crippen LogP contribution in [0, 0.1) is 13.8 Å². The molecule has 19 heavy (non-hydrogen) atoms. The van der Waals surface area contributed by atoms with Gasteiger partial charge in [-0.3, -0.25) is 0 Å². The molecule has 0 spiro atoms. The maximum Gasteiger partial charge on any atom is 0.140 e. The van der Waals surface area contributed by atoms with Gasteiger partial charge in [0.2, 0.25) is 0 Å². The molecule has 0 unspecified atom stereocenters. The minimum absolute atomic E-state index is 0.469. The molecule has 0 bridgehead atoms. The first-order valence-electron chi connectivity index (χ1n) is 6.48. The van der Waals surface area contributed by atoms with Crippen LogP contribution in [0.15, 0.2) is 28.8 Å². The van der Waals surface area contributed by atoms with Crippen LogP contribution >= 0.6 is 0 Å². The van der Waals surface area contributed by atoms with Gasteiger partial charge in [-0.05, 0) is 44.5 Å². The molecule has 4 nitrogen and oxygen atoms in total. The van der Waals surface area contributed by atoms with Crippen molar-refractivity contribution in [2.45, 2.75) is 33.8 Å². The summed E-state index contributed by atoms with van der Waals surface area (Å²) in [5, 5.41) is 3.90. The normalized spacial score (nSPS) is 10.5. The van der Waals surface area contributed by atoms with Gasteiger partial charge in [0, 0.05) is 0 Å². The highest BCUT2D eigenvalue weighted by atomic mass is 16.5. The lowest BCUT2D eigenvalue weighted by Crippen LogP contribution is -1.98. The van der Waals surface area contributed by atoms with E-state index in [2.05, 4.69) is 12.1 Å². The first-order chi connectivity index (χ1) is 9.20. The second-order valence-electron chi connectivity index (χ2n) is 4.41. The Balaban J connectivity index is 1.93. The average Bonchev–Trinajstić information content (AvgIpc) is 2.75. The lowest BCUT2D eigenvalue weighted by atomic mass is 10.2. The van der Waals surface area contributed by atoms with E-state index in [0.717, 1.165) is 41.5 Å². The van der Waals surface area contributed by atoms with Gasteiger partial charge in [0.1, 0.15) is 23.9 Å². The molecule has 0 radical (unpaired) electrons. The number of aryl methyl sites for hydroxylation is 2. The Kier molecular flexibility index (Phi) is 4.44. The summed E-state index contributed by atoms with van der Waals surface area (Å²) in [5.74, 6) is 2.48. The zero-order chi connectivity index (χ0) is 13.7. The van der Waals surface area contributed by atoms with Gasteiger partial charge in [-0.2, -0.15) is 0 Å². The molecule has 0 atom stereocenters. The molecule has 0 saturated heterocycles. The van der Waals surface area contributed by atoms with E-state index in [1.54, 1.807) is 0 Å². The molecule has 2 rings (SSSR count). The molecule has 1 aromatic heterocycles. The monoisotopic (exact) mass is 261 g/mol. The van der Waals surface area contributed by atoms with E-state index in [0.29, 0.717) is 6.61 Å². The molecule has 0 saturated carbocycles. The summed E-state index contributed by atoms with van der Waals surface area (Å²) in [6.07, 6.45) is 1.00. The van der Waals surface area contributed by atoms with E-state index >= 15 is 0 Å². The first-order valence-corrected chi connectivity index (χ1v) is 6.48. The first kappa shape index (κ1) is 13.5. The van der Waals surface area contributed by atoms with Crippen molar-refractivity contribution in [3.63, 3.8) is 0 Å². The second kappa shape index (κ2) is 6.27. The fourth-order valence-electron chi connectivity index (χ4n) is 1.72. The third-order valence-corrected chi connectivity index (χ3v) is 2.86. The summed E-state index contributed by atoms with van der Waals surface area (Å²) in [7, 11) is 0. The molecular weight excluding hydrogens is 242 g/mol. The second-order valence-corrected chi connectivity index (χ2v) is 4.41. The van der Waals surface area contributed by atoms with E-state index in [1.807, 2.05) is 38.1 Å². The summed E-state index contributed by atoms with van der Waals surface area (Å²) in [4.78, 5) is 0. The molecule has 2 aromatic rings. The minimum Gasteiger partial charge on any atom is -0.494 e. The van der Waals surface area contributed by atoms with Crippen molar-refractivity contribution in [3.8, 4) is 11.5 Å². The van der Waals surface area contributed by atoms with Crippen LogP contribution < -0.4 is 9.47 Å². The van der Waals surface area contributed by atoms with Crippen molar-refractivity contribution in [1.29, 1.82) is 0 Å². The quantitative estimate of drug-likeness (QED) is 0.796. The van der Waals surface area contributed by atoms with Gasteiger partial charge in [0.25, 0.3) is 0 Å². The van der Waals surface area contributed by atoms with Gasteiger partial charge < -0.3 is 14.0 Å². The predicted molar refractivity (Wildman–Crippen MR) is 72.5 cm³/mol. The highest BCUT2D eigenvalue weighted by Gasteiger charge is 2.09. The van der Waals surface area contributed by atoms with Crippen molar-refractivity contribution >= 4 is 0 Å². The zero-order valence-corrected chi connectivity index (χ0v) is 11.6. The fourth-order valence-corrected chi connectivity index (χ4v) is 1.72. The van der Waals surface area contributed by atoms with Crippen molar-refractivity contribution in [3.05, 3.63) is 41.3 Å². The summed E-state index contributed by atoms with van der Waals surface area (Å²) in [5.41, 5.74) is 1.88. The number of nitrogens with zero attached hydrogens (tertiary/aromatic N) is 1. The SMILES string of the molecule is CCCOc1ccc(OCc2c(C)noc2C)cc1. The Hall–Kier alpha value is -1.97.